The highest BCUT2D eigenvalue weighted by atomic mass is 32.1. The monoisotopic (exact) mass is 511 g/mol. The maximum Gasteiger partial charge on any atom is 0.333 e. The highest BCUT2D eigenvalue weighted by Crippen LogP contribution is 2.38. The van der Waals surface area contributed by atoms with E-state index in [1.807, 2.05) is 72.8 Å². The minimum Gasteiger partial charge on any atom is -0.454 e. The number of anilines is 1. The Kier molecular flexibility index (Phi) is 6.53. The highest BCUT2D eigenvalue weighted by Gasteiger charge is 2.49. The first-order valence-electron chi connectivity index (χ1n) is 13.0. The number of rotatable bonds is 8. The van der Waals surface area contributed by atoms with Crippen molar-refractivity contribution in [3.8, 4) is 0 Å². The van der Waals surface area contributed by atoms with Crippen LogP contribution in [0.25, 0.3) is 10.1 Å². The number of piperidine rings is 3. The summed E-state index contributed by atoms with van der Waals surface area (Å²) in [5, 5.41) is 6.58. The lowest BCUT2D eigenvalue weighted by atomic mass is 9.82. The molecule has 5 nitrogen and oxygen atoms in total. The number of carbonyl (C=O) groups is 2. The Hall–Kier alpha value is -3.48. The molecule has 4 heterocycles. The van der Waals surface area contributed by atoms with Crippen molar-refractivity contribution in [2.45, 2.75) is 25.0 Å². The van der Waals surface area contributed by atoms with Gasteiger partial charge < -0.3 is 14.5 Å². The van der Waals surface area contributed by atoms with Crippen LogP contribution in [0.3, 0.4) is 0 Å². The molecule has 2 bridgehead atoms. The fourth-order valence-corrected chi connectivity index (χ4v) is 6.99. The van der Waals surface area contributed by atoms with E-state index in [-0.39, 0.29) is 17.9 Å². The molecule has 1 aromatic heterocycles. The standard InChI is InChI=1S/C31H31N2O3S/c34-27(22-9-3-1-4-10-22)19-33-17-15-23(16-18-33)28(20-33)36-31(35)30(32-24-11-5-2-6-12-24)26-21-37-29-14-8-7-13-25(26)29/h1-14,21,23,28,30,32H,15-20H2/q+1/t23?,28-,30+,33?/m0/s1. The first kappa shape index (κ1) is 23.9. The maximum absolute atomic E-state index is 13.8. The number of ether oxygens (including phenoxy) is 1. The highest BCUT2D eigenvalue weighted by molar-refractivity contribution is 7.17. The topological polar surface area (TPSA) is 55.4 Å². The third kappa shape index (κ3) is 4.91. The summed E-state index contributed by atoms with van der Waals surface area (Å²) in [5.41, 5.74) is 2.58. The van der Waals surface area contributed by atoms with Crippen molar-refractivity contribution in [2.75, 3.05) is 31.5 Å². The largest absolute Gasteiger partial charge is 0.454 e. The van der Waals surface area contributed by atoms with Gasteiger partial charge in [-0.15, -0.1) is 11.3 Å². The van der Waals surface area contributed by atoms with Gasteiger partial charge in [-0.25, -0.2) is 4.79 Å². The van der Waals surface area contributed by atoms with Gasteiger partial charge in [0, 0.05) is 40.3 Å². The lowest BCUT2D eigenvalue weighted by molar-refractivity contribution is -0.938. The summed E-state index contributed by atoms with van der Waals surface area (Å²) in [6.45, 7) is 3.11. The zero-order valence-corrected chi connectivity index (χ0v) is 21.5. The van der Waals surface area contributed by atoms with Gasteiger partial charge >= 0.3 is 5.97 Å². The SMILES string of the molecule is O=C(C[N+]12CCC(CC1)[C@@H](OC(=O)[C@H](Nc1ccccc1)c1csc3ccccc13)C2)c1ccccc1. The number of hydrogen-bond acceptors (Lipinski definition) is 5. The molecule has 0 spiro atoms. The Morgan fingerprint density at radius 3 is 2.35 bits per heavy atom. The third-order valence-electron chi connectivity index (χ3n) is 8.03. The molecule has 4 aromatic rings. The zero-order chi connectivity index (χ0) is 25.2. The van der Waals surface area contributed by atoms with Gasteiger partial charge in [0.2, 0.25) is 5.78 Å². The second kappa shape index (κ2) is 10.1. The van der Waals surface area contributed by atoms with E-state index in [1.165, 1.54) is 0 Å². The molecule has 3 aromatic carbocycles. The van der Waals surface area contributed by atoms with E-state index < -0.39 is 6.04 Å². The van der Waals surface area contributed by atoms with E-state index in [0.717, 1.165) is 52.8 Å². The van der Waals surface area contributed by atoms with Crippen molar-refractivity contribution in [2.24, 2.45) is 5.92 Å². The number of nitrogens with one attached hydrogen (secondary N) is 1. The molecular weight excluding hydrogens is 480 g/mol. The molecule has 0 unspecified atom stereocenters. The van der Waals surface area contributed by atoms with Crippen LogP contribution in [0.1, 0.15) is 34.8 Å². The number of thiophene rings is 1. The van der Waals surface area contributed by atoms with Crippen molar-refractivity contribution in [1.29, 1.82) is 0 Å². The summed E-state index contributed by atoms with van der Waals surface area (Å²) in [7, 11) is 0. The summed E-state index contributed by atoms with van der Waals surface area (Å²) in [6.07, 6.45) is 1.79. The van der Waals surface area contributed by atoms with Crippen molar-refractivity contribution >= 4 is 38.9 Å². The first-order valence-corrected chi connectivity index (χ1v) is 13.9. The molecule has 0 amide bonds. The Morgan fingerprint density at radius 2 is 1.59 bits per heavy atom. The predicted molar refractivity (Wildman–Crippen MR) is 148 cm³/mol. The molecule has 188 valence electrons. The molecule has 3 aliphatic rings. The molecule has 0 saturated carbocycles. The lowest BCUT2D eigenvalue weighted by Gasteiger charge is -2.51. The first-order chi connectivity index (χ1) is 18.1. The lowest BCUT2D eigenvalue weighted by Crippen LogP contribution is -2.65. The molecule has 7 rings (SSSR count). The Morgan fingerprint density at radius 1 is 0.919 bits per heavy atom. The fraction of sp³-hybridized carbons (Fsp3) is 0.290. The van der Waals surface area contributed by atoms with Gasteiger partial charge in [-0.3, -0.25) is 4.79 Å². The molecule has 0 aliphatic carbocycles. The third-order valence-corrected chi connectivity index (χ3v) is 9.01. The number of fused-ring (bicyclic) bond motifs is 4. The van der Waals surface area contributed by atoms with Crippen LogP contribution in [0.2, 0.25) is 0 Å². The van der Waals surface area contributed by atoms with Crippen molar-refractivity contribution in [1.82, 2.24) is 0 Å². The van der Waals surface area contributed by atoms with Crippen molar-refractivity contribution in [3.63, 3.8) is 0 Å². The second-order valence-corrected chi connectivity index (χ2v) is 11.3. The predicted octanol–water partition coefficient (Wildman–Crippen LogP) is 6.09. The fourth-order valence-electron chi connectivity index (χ4n) is 6.00. The number of carbonyl (C=O) groups excluding carboxylic acids is 2. The molecule has 2 atom stereocenters. The van der Waals surface area contributed by atoms with Gasteiger partial charge in [-0.2, -0.15) is 0 Å². The summed E-state index contributed by atoms with van der Waals surface area (Å²) >= 11 is 1.64. The number of hydrogen-bond donors (Lipinski definition) is 1. The van der Waals surface area contributed by atoms with Crippen LogP contribution in [0.15, 0.2) is 90.3 Å². The summed E-state index contributed by atoms with van der Waals surface area (Å²) in [5.74, 6) is 0.269. The molecule has 0 radical (unpaired) electrons. The van der Waals surface area contributed by atoms with Crippen molar-refractivity contribution in [3.05, 3.63) is 101 Å². The minimum absolute atomic E-state index is 0.166. The van der Waals surface area contributed by atoms with Crippen LogP contribution in [-0.4, -0.2) is 48.5 Å². The molecular formula is C31H31N2O3S+. The van der Waals surface area contributed by atoms with Gasteiger partial charge in [0.25, 0.3) is 0 Å². The summed E-state index contributed by atoms with van der Waals surface area (Å²) < 4.78 is 8.18. The summed E-state index contributed by atoms with van der Waals surface area (Å²) in [4.78, 5) is 26.9. The maximum atomic E-state index is 13.8. The molecule has 1 N–H and O–H groups in total. The molecule has 37 heavy (non-hydrogen) atoms. The van der Waals surface area contributed by atoms with Gasteiger partial charge in [-0.05, 0) is 29.0 Å². The second-order valence-electron chi connectivity index (χ2n) is 10.4. The number of Topliss-reactive ketones (excluding diaryl/α,β-unsaturated/α-hetero) is 1. The van der Waals surface area contributed by atoms with Crippen LogP contribution in [0, 0.1) is 5.92 Å². The Bertz CT molecular complexity index is 1390. The number of ketones is 1. The van der Waals surface area contributed by atoms with Crippen LogP contribution in [0.5, 0.6) is 0 Å². The van der Waals surface area contributed by atoms with E-state index >= 15 is 0 Å². The normalized spacial score (nSPS) is 23.5. The minimum atomic E-state index is -0.603. The smallest absolute Gasteiger partial charge is 0.333 e. The van der Waals surface area contributed by atoms with Crippen molar-refractivity contribution < 1.29 is 18.8 Å². The van der Waals surface area contributed by atoms with E-state index in [0.29, 0.717) is 23.5 Å². The average Bonchev–Trinajstić information content (AvgIpc) is 3.37. The molecule has 3 fully saturated rings. The molecule has 3 saturated heterocycles. The molecule has 3 aliphatic heterocycles. The van der Waals surface area contributed by atoms with E-state index in [4.69, 9.17) is 4.74 Å². The quantitative estimate of drug-likeness (QED) is 0.177. The van der Waals surface area contributed by atoms with Gasteiger partial charge in [0.05, 0.1) is 13.1 Å². The van der Waals surface area contributed by atoms with Gasteiger partial charge in [-0.1, -0.05) is 66.7 Å². The number of quaternary nitrogens is 1. The molecule has 6 heteroatoms. The van der Waals surface area contributed by atoms with E-state index in [2.05, 4.69) is 22.8 Å². The Balaban J connectivity index is 1.23. The number of para-hydroxylation sites is 1. The van der Waals surface area contributed by atoms with E-state index in [1.54, 1.807) is 11.3 Å². The van der Waals surface area contributed by atoms with Gasteiger partial charge in [0.15, 0.2) is 12.1 Å². The zero-order valence-electron chi connectivity index (χ0n) is 20.7. The number of nitrogens with zero attached hydrogens (tertiary/aromatic N) is 1. The van der Waals surface area contributed by atoms with Crippen LogP contribution >= 0.6 is 11.3 Å². The summed E-state index contributed by atoms with van der Waals surface area (Å²) in [6, 6.07) is 26.9. The van der Waals surface area contributed by atoms with Gasteiger partial charge in [0.1, 0.15) is 13.1 Å². The van der Waals surface area contributed by atoms with Crippen LogP contribution < -0.4 is 5.32 Å². The number of esters is 1. The van der Waals surface area contributed by atoms with E-state index in [9.17, 15) is 9.59 Å². The van der Waals surface area contributed by atoms with Crippen LogP contribution in [-0.2, 0) is 9.53 Å². The number of benzene rings is 3. The van der Waals surface area contributed by atoms with Crippen LogP contribution in [0.4, 0.5) is 5.69 Å². The average molecular weight is 512 g/mol. The Labute approximate surface area is 221 Å².